The van der Waals surface area contributed by atoms with Gasteiger partial charge in [-0.3, -0.25) is 4.79 Å². The minimum atomic E-state index is 0.140. The molecule has 0 radical (unpaired) electrons. The van der Waals surface area contributed by atoms with Crippen LogP contribution in [0.5, 0.6) is 0 Å². The Hall–Kier alpha value is -1.43. The molecular weight excluding hydrogens is 314 g/mol. The van der Waals surface area contributed by atoms with Crippen molar-refractivity contribution in [2.75, 3.05) is 26.7 Å². The van der Waals surface area contributed by atoms with E-state index in [9.17, 15) is 4.79 Å². The SMILES string of the molecule is CN1CCc2nnc([C@H]3CCCN3C(=O)CC3CCCCC3)n2CC1. The molecule has 1 saturated carbocycles. The number of carbonyl (C=O) groups excluding carboxylic acids is 1. The van der Waals surface area contributed by atoms with Crippen molar-refractivity contribution >= 4 is 5.91 Å². The Bertz CT molecular complexity index is 607. The van der Waals surface area contributed by atoms with Crippen LogP contribution in [-0.2, 0) is 17.8 Å². The monoisotopic (exact) mass is 345 g/mol. The highest BCUT2D eigenvalue weighted by molar-refractivity contribution is 5.77. The first-order valence-corrected chi connectivity index (χ1v) is 10.1. The summed E-state index contributed by atoms with van der Waals surface area (Å²) in [6.45, 7) is 3.89. The molecular formula is C19H31N5O. The van der Waals surface area contributed by atoms with Gasteiger partial charge in [0.25, 0.3) is 0 Å². The van der Waals surface area contributed by atoms with Gasteiger partial charge in [-0.05, 0) is 38.6 Å². The molecule has 1 aliphatic carbocycles. The Morgan fingerprint density at radius 3 is 2.68 bits per heavy atom. The van der Waals surface area contributed by atoms with Crippen molar-refractivity contribution in [3.8, 4) is 0 Å². The Morgan fingerprint density at radius 2 is 1.84 bits per heavy atom. The molecule has 3 heterocycles. The lowest BCUT2D eigenvalue weighted by atomic mass is 9.86. The average Bonchev–Trinajstić information content (AvgIpc) is 3.21. The number of carbonyl (C=O) groups is 1. The smallest absolute Gasteiger partial charge is 0.223 e. The van der Waals surface area contributed by atoms with E-state index in [-0.39, 0.29) is 6.04 Å². The van der Waals surface area contributed by atoms with Crippen LogP contribution in [0.15, 0.2) is 0 Å². The van der Waals surface area contributed by atoms with Crippen LogP contribution in [0.2, 0.25) is 0 Å². The van der Waals surface area contributed by atoms with Gasteiger partial charge in [0.15, 0.2) is 5.82 Å². The summed E-state index contributed by atoms with van der Waals surface area (Å²) >= 11 is 0. The summed E-state index contributed by atoms with van der Waals surface area (Å²) in [7, 11) is 2.16. The summed E-state index contributed by atoms with van der Waals surface area (Å²) in [6, 6.07) is 0.140. The van der Waals surface area contributed by atoms with E-state index in [4.69, 9.17) is 0 Å². The Kier molecular flexibility index (Phi) is 5.06. The van der Waals surface area contributed by atoms with Crippen LogP contribution in [-0.4, -0.2) is 57.2 Å². The van der Waals surface area contributed by atoms with Crippen LogP contribution in [0.25, 0.3) is 0 Å². The third-order valence-electron chi connectivity index (χ3n) is 6.34. The summed E-state index contributed by atoms with van der Waals surface area (Å²) in [5.41, 5.74) is 0. The zero-order valence-electron chi connectivity index (χ0n) is 15.5. The van der Waals surface area contributed by atoms with Crippen LogP contribution in [0.4, 0.5) is 0 Å². The van der Waals surface area contributed by atoms with E-state index in [1.54, 1.807) is 0 Å². The predicted molar refractivity (Wildman–Crippen MR) is 96.1 cm³/mol. The van der Waals surface area contributed by atoms with Crippen LogP contribution in [0.3, 0.4) is 0 Å². The van der Waals surface area contributed by atoms with Crippen LogP contribution >= 0.6 is 0 Å². The number of rotatable bonds is 3. The second-order valence-corrected chi connectivity index (χ2v) is 8.13. The maximum Gasteiger partial charge on any atom is 0.223 e. The number of aromatic nitrogens is 3. The summed E-state index contributed by atoms with van der Waals surface area (Å²) in [5.74, 6) is 3.06. The molecule has 1 amide bonds. The van der Waals surface area contributed by atoms with Crippen molar-refractivity contribution in [1.82, 2.24) is 24.6 Å². The second-order valence-electron chi connectivity index (χ2n) is 8.13. The van der Waals surface area contributed by atoms with Gasteiger partial charge in [-0.2, -0.15) is 0 Å². The molecule has 3 aliphatic rings. The number of fused-ring (bicyclic) bond motifs is 1. The molecule has 6 heteroatoms. The first-order chi connectivity index (χ1) is 12.2. The van der Waals surface area contributed by atoms with E-state index >= 15 is 0 Å². The van der Waals surface area contributed by atoms with E-state index in [0.29, 0.717) is 11.8 Å². The Balaban J connectivity index is 1.48. The predicted octanol–water partition coefficient (Wildman–Crippen LogP) is 2.40. The molecule has 0 N–H and O–H groups in total. The lowest BCUT2D eigenvalue weighted by Crippen LogP contribution is -2.34. The quantitative estimate of drug-likeness (QED) is 0.844. The molecule has 2 aliphatic heterocycles. The normalized spacial score (nSPS) is 25.8. The fourth-order valence-corrected chi connectivity index (χ4v) is 4.79. The van der Waals surface area contributed by atoms with Gasteiger partial charge in [-0.25, -0.2) is 0 Å². The molecule has 0 bridgehead atoms. The highest BCUT2D eigenvalue weighted by Crippen LogP contribution is 2.34. The maximum atomic E-state index is 13.0. The zero-order valence-corrected chi connectivity index (χ0v) is 15.5. The van der Waals surface area contributed by atoms with E-state index < -0.39 is 0 Å². The van der Waals surface area contributed by atoms with E-state index in [1.807, 2.05) is 0 Å². The number of nitrogens with zero attached hydrogens (tertiary/aromatic N) is 5. The van der Waals surface area contributed by atoms with E-state index in [2.05, 4.69) is 31.6 Å². The molecule has 6 nitrogen and oxygen atoms in total. The molecule has 1 aromatic rings. The maximum absolute atomic E-state index is 13.0. The number of hydrogen-bond donors (Lipinski definition) is 0. The minimum Gasteiger partial charge on any atom is -0.332 e. The summed E-state index contributed by atoms with van der Waals surface area (Å²) in [4.78, 5) is 17.4. The summed E-state index contributed by atoms with van der Waals surface area (Å²) in [6.07, 6.45) is 10.2. The molecule has 0 unspecified atom stereocenters. The standard InChI is InChI=1S/C19H31N5O/c1-22-11-9-17-20-21-19(24(17)13-12-22)16-8-5-10-23(16)18(25)14-15-6-3-2-4-7-15/h15-16H,2-14H2,1H3/t16-/m1/s1. The number of likely N-dealkylation sites (N-methyl/N-ethyl adjacent to an activating group) is 1. The van der Waals surface area contributed by atoms with E-state index in [0.717, 1.165) is 63.5 Å². The van der Waals surface area contributed by atoms with Crippen molar-refractivity contribution in [3.05, 3.63) is 11.6 Å². The Labute approximate surface area is 150 Å². The van der Waals surface area contributed by atoms with Gasteiger partial charge >= 0.3 is 0 Å². The zero-order chi connectivity index (χ0) is 17.2. The third kappa shape index (κ3) is 3.59. The summed E-state index contributed by atoms with van der Waals surface area (Å²) < 4.78 is 2.29. The molecule has 138 valence electrons. The fourth-order valence-electron chi connectivity index (χ4n) is 4.79. The molecule has 1 aromatic heterocycles. The molecule has 25 heavy (non-hydrogen) atoms. The number of likely N-dealkylation sites (tertiary alicyclic amines) is 1. The molecule has 2 fully saturated rings. The third-order valence-corrected chi connectivity index (χ3v) is 6.34. The fraction of sp³-hybridized carbons (Fsp3) is 0.842. The number of amides is 1. The van der Waals surface area contributed by atoms with Crippen LogP contribution in [0, 0.1) is 5.92 Å². The van der Waals surface area contributed by atoms with Crippen molar-refractivity contribution in [1.29, 1.82) is 0 Å². The highest BCUT2D eigenvalue weighted by atomic mass is 16.2. The molecule has 0 spiro atoms. The lowest BCUT2D eigenvalue weighted by Gasteiger charge is -2.28. The molecule has 1 saturated heterocycles. The van der Waals surface area contributed by atoms with Gasteiger partial charge in [0.05, 0.1) is 6.04 Å². The molecule has 0 aromatic carbocycles. The van der Waals surface area contributed by atoms with Crippen molar-refractivity contribution in [2.45, 2.75) is 70.4 Å². The second kappa shape index (κ2) is 7.44. The molecule has 1 atom stereocenters. The van der Waals surface area contributed by atoms with Crippen molar-refractivity contribution in [2.24, 2.45) is 5.92 Å². The average molecular weight is 345 g/mol. The molecule has 4 rings (SSSR count). The Morgan fingerprint density at radius 1 is 1.00 bits per heavy atom. The van der Waals surface area contributed by atoms with Gasteiger partial charge in [-0.15, -0.1) is 10.2 Å². The minimum absolute atomic E-state index is 0.140. The first kappa shape index (κ1) is 17.0. The lowest BCUT2D eigenvalue weighted by molar-refractivity contribution is -0.133. The number of hydrogen-bond acceptors (Lipinski definition) is 4. The van der Waals surface area contributed by atoms with Crippen LogP contribution < -0.4 is 0 Å². The summed E-state index contributed by atoms with van der Waals surface area (Å²) in [5, 5.41) is 8.98. The highest BCUT2D eigenvalue weighted by Gasteiger charge is 2.35. The van der Waals surface area contributed by atoms with Gasteiger partial charge < -0.3 is 14.4 Å². The topological polar surface area (TPSA) is 54.3 Å². The largest absolute Gasteiger partial charge is 0.332 e. The van der Waals surface area contributed by atoms with Crippen molar-refractivity contribution in [3.63, 3.8) is 0 Å². The first-order valence-electron chi connectivity index (χ1n) is 10.1. The van der Waals surface area contributed by atoms with Gasteiger partial charge in [-0.1, -0.05) is 19.3 Å². The van der Waals surface area contributed by atoms with Gasteiger partial charge in [0.1, 0.15) is 5.82 Å². The van der Waals surface area contributed by atoms with Crippen molar-refractivity contribution < 1.29 is 4.79 Å². The van der Waals surface area contributed by atoms with Gasteiger partial charge in [0.2, 0.25) is 5.91 Å². The van der Waals surface area contributed by atoms with Gasteiger partial charge in [0, 0.05) is 39.0 Å². The van der Waals surface area contributed by atoms with E-state index in [1.165, 1.54) is 32.1 Å². The van der Waals surface area contributed by atoms with Crippen LogP contribution in [0.1, 0.15) is 69.1 Å².